The lowest BCUT2D eigenvalue weighted by Crippen LogP contribution is -2.45. The number of piperidine rings is 1. The number of thiophene rings is 1. The maximum absolute atomic E-state index is 4.24. The molecule has 0 spiro atoms. The van der Waals surface area contributed by atoms with Crippen molar-refractivity contribution in [3.8, 4) is 11.1 Å². The van der Waals surface area contributed by atoms with Gasteiger partial charge in [-0.05, 0) is 47.5 Å². The lowest BCUT2D eigenvalue weighted by molar-refractivity contribution is 0.421. The summed E-state index contributed by atoms with van der Waals surface area (Å²) in [6.07, 6.45) is 4.13. The first-order valence-electron chi connectivity index (χ1n) is 8.77. The second-order valence-corrected chi connectivity index (χ2v) is 7.41. The Balaban J connectivity index is 1.35. The average molecular weight is 350 g/mol. The highest BCUT2D eigenvalue weighted by Gasteiger charge is 2.20. The molecule has 2 aromatic heterocycles. The number of hydrogen-bond acceptors (Lipinski definition) is 5. The van der Waals surface area contributed by atoms with E-state index < -0.39 is 0 Å². The summed E-state index contributed by atoms with van der Waals surface area (Å²) < 4.78 is 0. The largest absolute Gasteiger partial charge is 0.354 e. The van der Waals surface area contributed by atoms with Crippen molar-refractivity contribution in [3.63, 3.8) is 0 Å². The highest BCUT2D eigenvalue weighted by molar-refractivity contribution is 7.10. The lowest BCUT2D eigenvalue weighted by Gasteiger charge is -2.33. The Kier molecular flexibility index (Phi) is 5.04. The summed E-state index contributed by atoms with van der Waals surface area (Å²) in [6.45, 7) is 2.99. The van der Waals surface area contributed by atoms with Crippen LogP contribution >= 0.6 is 11.3 Å². The second kappa shape index (κ2) is 7.76. The average Bonchev–Trinajstić information content (AvgIpc) is 3.17. The molecule has 1 aliphatic heterocycles. The number of benzene rings is 1. The van der Waals surface area contributed by atoms with Crippen LogP contribution in [0.4, 0.5) is 5.82 Å². The third-order valence-electron chi connectivity index (χ3n) is 4.63. The zero-order valence-corrected chi connectivity index (χ0v) is 15.0. The Morgan fingerprint density at radius 1 is 1.12 bits per heavy atom. The lowest BCUT2D eigenvalue weighted by atomic mass is 10.1. The van der Waals surface area contributed by atoms with E-state index in [9.17, 15) is 0 Å². The maximum Gasteiger partial charge on any atom is 0.151 e. The van der Waals surface area contributed by atoms with Gasteiger partial charge in [-0.15, -0.1) is 16.4 Å². The van der Waals surface area contributed by atoms with Crippen LogP contribution in [0, 0.1) is 0 Å². The van der Waals surface area contributed by atoms with Crippen LogP contribution in [-0.4, -0.2) is 29.3 Å². The number of aromatic nitrogens is 2. The van der Waals surface area contributed by atoms with Crippen LogP contribution in [0.25, 0.3) is 11.1 Å². The first-order chi connectivity index (χ1) is 12.4. The van der Waals surface area contributed by atoms with E-state index >= 15 is 0 Å². The second-order valence-electron chi connectivity index (χ2n) is 6.42. The van der Waals surface area contributed by atoms with E-state index in [1.807, 2.05) is 23.5 Å². The van der Waals surface area contributed by atoms with Gasteiger partial charge in [0, 0.05) is 36.8 Å². The number of rotatable bonds is 5. The molecule has 128 valence electrons. The SMILES string of the molecule is c1ccc(-c2csc(CNC3CCCN(c4cccnn4)C3)c2)cc1. The smallest absolute Gasteiger partial charge is 0.151 e. The van der Waals surface area contributed by atoms with Gasteiger partial charge in [0.1, 0.15) is 0 Å². The number of anilines is 1. The topological polar surface area (TPSA) is 41.0 Å². The van der Waals surface area contributed by atoms with E-state index in [2.05, 4.69) is 62.2 Å². The molecule has 0 bridgehead atoms. The Morgan fingerprint density at radius 3 is 2.88 bits per heavy atom. The quantitative estimate of drug-likeness (QED) is 0.756. The van der Waals surface area contributed by atoms with Crippen molar-refractivity contribution in [3.05, 3.63) is 65.0 Å². The Hall–Kier alpha value is -2.24. The molecule has 1 N–H and O–H groups in total. The molecular weight excluding hydrogens is 328 g/mol. The molecule has 1 aliphatic rings. The van der Waals surface area contributed by atoms with Gasteiger partial charge in [0.2, 0.25) is 0 Å². The molecule has 25 heavy (non-hydrogen) atoms. The van der Waals surface area contributed by atoms with E-state index in [0.717, 1.165) is 25.5 Å². The molecular formula is C20H22N4S. The van der Waals surface area contributed by atoms with Gasteiger partial charge in [-0.2, -0.15) is 5.10 Å². The van der Waals surface area contributed by atoms with Crippen molar-refractivity contribution in [1.82, 2.24) is 15.5 Å². The minimum absolute atomic E-state index is 0.498. The Morgan fingerprint density at radius 2 is 2.04 bits per heavy atom. The molecule has 0 saturated carbocycles. The van der Waals surface area contributed by atoms with Crippen LogP contribution < -0.4 is 10.2 Å². The van der Waals surface area contributed by atoms with Crippen molar-refractivity contribution in [2.45, 2.75) is 25.4 Å². The van der Waals surface area contributed by atoms with Crippen LogP contribution in [0.2, 0.25) is 0 Å². The molecule has 0 amide bonds. The van der Waals surface area contributed by atoms with Crippen molar-refractivity contribution >= 4 is 17.2 Å². The van der Waals surface area contributed by atoms with Gasteiger partial charge in [0.05, 0.1) is 0 Å². The molecule has 1 fully saturated rings. The molecule has 0 aliphatic carbocycles. The fraction of sp³-hybridized carbons (Fsp3) is 0.300. The molecule has 4 nitrogen and oxygen atoms in total. The minimum atomic E-state index is 0.498. The zero-order chi connectivity index (χ0) is 16.9. The van der Waals surface area contributed by atoms with Gasteiger partial charge < -0.3 is 10.2 Å². The fourth-order valence-electron chi connectivity index (χ4n) is 3.31. The van der Waals surface area contributed by atoms with Crippen LogP contribution in [0.5, 0.6) is 0 Å². The highest BCUT2D eigenvalue weighted by Crippen LogP contribution is 2.25. The Labute approximate surface area is 152 Å². The molecule has 3 heterocycles. The number of nitrogens with zero attached hydrogens (tertiary/aromatic N) is 3. The number of nitrogens with one attached hydrogen (secondary N) is 1. The molecule has 0 radical (unpaired) electrons. The van der Waals surface area contributed by atoms with Crippen LogP contribution in [-0.2, 0) is 6.54 Å². The molecule has 1 unspecified atom stereocenters. The van der Waals surface area contributed by atoms with Gasteiger partial charge in [-0.25, -0.2) is 0 Å². The van der Waals surface area contributed by atoms with E-state index in [1.54, 1.807) is 6.20 Å². The molecule has 3 aromatic rings. The summed E-state index contributed by atoms with van der Waals surface area (Å²) in [7, 11) is 0. The number of hydrogen-bond donors (Lipinski definition) is 1. The summed E-state index contributed by atoms with van der Waals surface area (Å²) in [4.78, 5) is 3.72. The monoisotopic (exact) mass is 350 g/mol. The van der Waals surface area contributed by atoms with Crippen LogP contribution in [0.3, 0.4) is 0 Å². The Bertz CT molecular complexity index is 788. The third-order valence-corrected chi connectivity index (χ3v) is 5.57. The van der Waals surface area contributed by atoms with E-state index in [-0.39, 0.29) is 0 Å². The first kappa shape index (κ1) is 16.2. The summed E-state index contributed by atoms with van der Waals surface area (Å²) >= 11 is 1.83. The molecule has 1 aromatic carbocycles. The van der Waals surface area contributed by atoms with Gasteiger partial charge in [-0.1, -0.05) is 30.3 Å². The van der Waals surface area contributed by atoms with Crippen LogP contribution in [0.1, 0.15) is 17.7 Å². The van der Waals surface area contributed by atoms with Gasteiger partial charge in [0.25, 0.3) is 0 Å². The molecule has 1 saturated heterocycles. The highest BCUT2D eigenvalue weighted by atomic mass is 32.1. The normalized spacial score (nSPS) is 17.6. The summed E-state index contributed by atoms with van der Waals surface area (Å²) in [5.41, 5.74) is 2.60. The van der Waals surface area contributed by atoms with E-state index in [1.165, 1.54) is 28.8 Å². The predicted octanol–water partition coefficient (Wildman–Crippen LogP) is 3.96. The van der Waals surface area contributed by atoms with Crippen molar-refractivity contribution < 1.29 is 0 Å². The standard InChI is InChI=1S/C20H22N4S/c1-2-6-16(7-3-1)17-12-19(25-15-17)13-21-18-8-5-11-24(14-18)20-9-4-10-22-23-20/h1-4,6-7,9-10,12,15,18,21H,5,8,11,13-14H2. The van der Waals surface area contributed by atoms with Crippen molar-refractivity contribution in [2.75, 3.05) is 18.0 Å². The summed E-state index contributed by atoms with van der Waals surface area (Å²) in [6, 6.07) is 17.4. The van der Waals surface area contributed by atoms with Crippen molar-refractivity contribution in [2.24, 2.45) is 0 Å². The fourth-order valence-corrected chi connectivity index (χ4v) is 4.16. The van der Waals surface area contributed by atoms with Crippen LogP contribution in [0.15, 0.2) is 60.1 Å². The van der Waals surface area contributed by atoms with Gasteiger partial charge in [0.15, 0.2) is 5.82 Å². The van der Waals surface area contributed by atoms with Gasteiger partial charge >= 0.3 is 0 Å². The minimum Gasteiger partial charge on any atom is -0.354 e. The van der Waals surface area contributed by atoms with Gasteiger partial charge in [-0.3, -0.25) is 0 Å². The summed E-state index contributed by atoms with van der Waals surface area (Å²) in [5.74, 6) is 0.983. The first-order valence-corrected chi connectivity index (χ1v) is 9.65. The predicted molar refractivity (Wildman–Crippen MR) is 104 cm³/mol. The van der Waals surface area contributed by atoms with Crippen molar-refractivity contribution in [1.29, 1.82) is 0 Å². The van der Waals surface area contributed by atoms with E-state index in [4.69, 9.17) is 0 Å². The molecule has 4 rings (SSSR count). The molecule has 5 heteroatoms. The zero-order valence-electron chi connectivity index (χ0n) is 14.1. The van der Waals surface area contributed by atoms with E-state index in [0.29, 0.717) is 6.04 Å². The summed E-state index contributed by atoms with van der Waals surface area (Å²) in [5, 5.41) is 14.2. The molecule has 1 atom stereocenters. The maximum atomic E-state index is 4.24. The third kappa shape index (κ3) is 4.06.